The third kappa shape index (κ3) is 8.52. The third-order valence-corrected chi connectivity index (χ3v) is 25.3. The van der Waals surface area contributed by atoms with E-state index in [2.05, 4.69) is 76.2 Å². The van der Waals surface area contributed by atoms with E-state index in [4.69, 9.17) is 22.8 Å². The van der Waals surface area contributed by atoms with E-state index in [-0.39, 0.29) is 49.1 Å². The van der Waals surface area contributed by atoms with Crippen molar-refractivity contribution in [1.29, 1.82) is 0 Å². The fourth-order valence-corrected chi connectivity index (χ4v) is 15.8. The lowest BCUT2D eigenvalue weighted by Gasteiger charge is -2.49. The van der Waals surface area contributed by atoms with Crippen molar-refractivity contribution in [2.24, 2.45) is 11.8 Å². The minimum atomic E-state index is -1.94. The molecule has 0 spiro atoms. The Morgan fingerprint density at radius 1 is 0.675 bits per heavy atom. The van der Waals surface area contributed by atoms with Crippen molar-refractivity contribution < 1.29 is 27.9 Å². The highest BCUT2D eigenvalue weighted by atomic mass is 28.4. The zero-order valence-electron chi connectivity index (χ0n) is 28.1. The molecule has 9 heteroatoms. The van der Waals surface area contributed by atoms with Crippen LogP contribution in [0.3, 0.4) is 0 Å². The molecule has 238 valence electrons. The first-order chi connectivity index (χ1) is 19.1. The van der Waals surface area contributed by atoms with Gasteiger partial charge in [-0.1, -0.05) is 69.2 Å². The van der Waals surface area contributed by atoms with Crippen LogP contribution in [0.5, 0.6) is 0 Å². The maximum atomic E-state index is 10.4. The molecule has 2 rings (SSSR count). The number of aliphatic hydroxyl groups excluding tert-OH is 1. The van der Waals surface area contributed by atoms with Gasteiger partial charge in [-0.15, -0.1) is 0 Å². The molecule has 0 amide bonds. The van der Waals surface area contributed by atoms with Crippen LogP contribution >= 0.6 is 0 Å². The summed E-state index contributed by atoms with van der Waals surface area (Å²) >= 11 is 0. The highest BCUT2D eigenvalue weighted by Crippen LogP contribution is 2.43. The Bertz CT molecular complexity index is 690. The monoisotopic (exact) mass is 618 g/mol. The minimum Gasteiger partial charge on any atom is -0.414 e. The van der Waals surface area contributed by atoms with E-state index in [1.165, 1.54) is 18.1 Å². The van der Waals surface area contributed by atoms with Gasteiger partial charge in [0, 0.05) is 17.9 Å². The molecule has 0 bridgehead atoms. The van der Waals surface area contributed by atoms with Gasteiger partial charge in [0.1, 0.15) is 6.10 Å². The first-order valence-electron chi connectivity index (χ1n) is 17.0. The van der Waals surface area contributed by atoms with Gasteiger partial charge in [0.05, 0.1) is 37.6 Å². The topological polar surface area (TPSA) is 69.7 Å². The van der Waals surface area contributed by atoms with Gasteiger partial charge in [-0.05, 0) is 67.7 Å². The summed E-state index contributed by atoms with van der Waals surface area (Å²) in [5, 5.41) is 10.4. The molecule has 2 aliphatic rings. The van der Waals surface area contributed by atoms with Crippen molar-refractivity contribution in [3.05, 3.63) is 0 Å². The lowest BCUT2D eigenvalue weighted by Crippen LogP contribution is -2.60. The van der Waals surface area contributed by atoms with Crippen molar-refractivity contribution in [3.63, 3.8) is 0 Å². The fraction of sp³-hybridized carbons (Fsp3) is 1.00. The SMILES string of the molecule is CC[Si](CC)(CC)O[C@@H]1[C@@H](C[C@@H]2O[C@H]2[C@@H](C)[C@H](C)O[Si](CC)(CC)CC)CO[C@@H](CO)[C@@H]1O[Si](CC)(CC)CC. The number of rotatable bonds is 20. The normalized spacial score (nSPS) is 29.4. The van der Waals surface area contributed by atoms with E-state index in [0.29, 0.717) is 12.5 Å². The number of aliphatic hydroxyl groups is 1. The number of hydrogen-bond acceptors (Lipinski definition) is 6. The van der Waals surface area contributed by atoms with Crippen molar-refractivity contribution >= 4 is 25.0 Å². The van der Waals surface area contributed by atoms with Crippen LogP contribution in [-0.4, -0.2) is 79.9 Å². The van der Waals surface area contributed by atoms with Gasteiger partial charge < -0.3 is 27.9 Å². The Labute approximate surface area is 251 Å². The summed E-state index contributed by atoms with van der Waals surface area (Å²) in [5.74, 6) is 0.564. The molecule has 2 heterocycles. The lowest BCUT2D eigenvalue weighted by atomic mass is 9.87. The van der Waals surface area contributed by atoms with Gasteiger partial charge in [0.15, 0.2) is 25.0 Å². The smallest absolute Gasteiger partial charge is 0.192 e. The van der Waals surface area contributed by atoms with Crippen molar-refractivity contribution in [1.82, 2.24) is 0 Å². The molecule has 0 radical (unpaired) electrons. The molecule has 0 saturated carbocycles. The average Bonchev–Trinajstić information content (AvgIpc) is 3.77. The van der Waals surface area contributed by atoms with E-state index >= 15 is 0 Å². The molecule has 8 atom stereocenters. The van der Waals surface area contributed by atoms with Crippen LogP contribution < -0.4 is 0 Å². The Morgan fingerprint density at radius 2 is 1.12 bits per heavy atom. The first-order valence-corrected chi connectivity index (χ1v) is 24.6. The summed E-state index contributed by atoms with van der Waals surface area (Å²) < 4.78 is 34.0. The summed E-state index contributed by atoms with van der Waals surface area (Å²) in [6.07, 6.45) is 0.966. The maximum Gasteiger partial charge on any atom is 0.192 e. The molecule has 40 heavy (non-hydrogen) atoms. The first kappa shape index (κ1) is 36.6. The fourth-order valence-electron chi connectivity index (χ4n) is 7.03. The van der Waals surface area contributed by atoms with E-state index < -0.39 is 25.0 Å². The van der Waals surface area contributed by atoms with Crippen molar-refractivity contribution in [3.8, 4) is 0 Å². The molecule has 1 N–H and O–H groups in total. The largest absolute Gasteiger partial charge is 0.414 e. The second kappa shape index (κ2) is 16.5. The van der Waals surface area contributed by atoms with Crippen molar-refractivity contribution in [2.75, 3.05) is 13.2 Å². The molecule has 0 aromatic carbocycles. The van der Waals surface area contributed by atoms with E-state index in [9.17, 15) is 5.11 Å². The second-order valence-electron chi connectivity index (χ2n) is 12.8. The van der Waals surface area contributed by atoms with Crippen LogP contribution in [0.4, 0.5) is 0 Å². The van der Waals surface area contributed by atoms with Crippen LogP contribution in [0.25, 0.3) is 0 Å². The Kier molecular flexibility index (Phi) is 15.1. The number of ether oxygens (including phenoxy) is 2. The Hall–Kier alpha value is 0.411. The highest BCUT2D eigenvalue weighted by Gasteiger charge is 2.53. The predicted octanol–water partition coefficient (Wildman–Crippen LogP) is 7.98. The van der Waals surface area contributed by atoms with Crippen LogP contribution in [-0.2, 0) is 22.8 Å². The van der Waals surface area contributed by atoms with E-state index in [1.807, 2.05) is 0 Å². The van der Waals surface area contributed by atoms with Gasteiger partial charge >= 0.3 is 0 Å². The van der Waals surface area contributed by atoms with Crippen LogP contribution in [0.2, 0.25) is 54.4 Å². The summed E-state index contributed by atoms with van der Waals surface area (Å²) in [7, 11) is -5.52. The van der Waals surface area contributed by atoms with E-state index in [1.54, 1.807) is 0 Å². The van der Waals surface area contributed by atoms with Crippen LogP contribution in [0, 0.1) is 11.8 Å². The summed E-state index contributed by atoms with van der Waals surface area (Å²) in [6, 6.07) is 10.1. The van der Waals surface area contributed by atoms with Gasteiger partial charge in [-0.25, -0.2) is 0 Å². The molecular formula is C31H66O6Si3. The zero-order valence-corrected chi connectivity index (χ0v) is 31.1. The van der Waals surface area contributed by atoms with Gasteiger partial charge in [-0.3, -0.25) is 0 Å². The maximum absolute atomic E-state index is 10.4. The molecular weight excluding hydrogens is 553 g/mol. The average molecular weight is 619 g/mol. The molecule has 0 aromatic rings. The third-order valence-electron chi connectivity index (χ3n) is 11.3. The van der Waals surface area contributed by atoms with Gasteiger partial charge in [-0.2, -0.15) is 0 Å². The van der Waals surface area contributed by atoms with Crippen LogP contribution in [0.1, 0.15) is 82.6 Å². The van der Waals surface area contributed by atoms with E-state index in [0.717, 1.165) is 42.7 Å². The molecule has 0 unspecified atom stereocenters. The Balaban J connectivity index is 2.28. The summed E-state index contributed by atoms with van der Waals surface area (Å²) in [5.41, 5.74) is 0. The molecule has 0 aromatic heterocycles. The number of hydrogen-bond donors (Lipinski definition) is 1. The molecule has 2 aliphatic heterocycles. The summed E-state index contributed by atoms with van der Waals surface area (Å²) in [6.45, 7) is 25.7. The summed E-state index contributed by atoms with van der Waals surface area (Å²) in [4.78, 5) is 0. The van der Waals surface area contributed by atoms with Crippen molar-refractivity contribution in [2.45, 2.75) is 174 Å². The lowest BCUT2D eigenvalue weighted by molar-refractivity contribution is -0.165. The zero-order chi connectivity index (χ0) is 30.1. The second-order valence-corrected chi connectivity index (χ2v) is 26.9. The van der Waals surface area contributed by atoms with Crippen LogP contribution in [0.15, 0.2) is 0 Å². The highest BCUT2D eigenvalue weighted by molar-refractivity contribution is 6.74. The molecule has 2 fully saturated rings. The molecule has 2 saturated heterocycles. The standard InChI is InChI=1S/C31H66O6Si3/c1-12-38(13-2,14-3)35-25(11)24(10)29-27(34-29)21-26-23-33-28(22-32)31(37-40(18-7,19-8)20-9)30(26)36-39(15-4,16-5)17-6/h24-32H,12-23H2,1-11H3/t24-,25-,26-,27-,28-,29-,30+,31-/m0/s1. The Morgan fingerprint density at radius 3 is 1.55 bits per heavy atom. The molecule has 6 nitrogen and oxygen atoms in total. The minimum absolute atomic E-state index is 0.0236. The quantitative estimate of drug-likeness (QED) is 0.110. The number of epoxide rings is 1. The molecule has 0 aliphatic carbocycles. The van der Waals surface area contributed by atoms with Gasteiger partial charge in [0.2, 0.25) is 0 Å². The predicted molar refractivity (Wildman–Crippen MR) is 175 cm³/mol. The van der Waals surface area contributed by atoms with Gasteiger partial charge in [0.25, 0.3) is 0 Å².